The molecule has 0 amide bonds. The molecule has 0 heterocycles. The minimum Gasteiger partial charge on any atom is 0 e. The van der Waals surface area contributed by atoms with Crippen molar-refractivity contribution in [2.45, 2.75) is 0 Å². The van der Waals surface area contributed by atoms with E-state index in [1.54, 1.807) is 0 Å². The summed E-state index contributed by atoms with van der Waals surface area (Å²) in [5.41, 5.74) is 0. The van der Waals surface area contributed by atoms with Crippen molar-refractivity contribution in [1.29, 1.82) is 0 Å². The van der Waals surface area contributed by atoms with E-state index >= 15 is 0 Å². The monoisotopic (exact) mass is 499 g/mol. The molecule has 0 unspecified atom stereocenters. The van der Waals surface area contributed by atoms with E-state index in [2.05, 4.69) is 0 Å². The number of hydrogen-bond donors (Lipinski definition) is 0. The molecule has 25 valence electrons. The van der Waals surface area contributed by atoms with Crippen LogP contribution in [0.25, 0.3) is 0 Å². The summed E-state index contributed by atoms with van der Waals surface area (Å²) >= 11 is 0. The molecule has 0 bridgehead atoms. The summed E-state index contributed by atoms with van der Waals surface area (Å²) in [6, 6.07) is 0. The maximum atomic E-state index is 0. The van der Waals surface area contributed by atoms with Crippen LogP contribution < -0.4 is 0 Å². The van der Waals surface area contributed by atoms with Crippen LogP contribution in [0.4, 0.5) is 0 Å². The van der Waals surface area contributed by atoms with Gasteiger partial charge in [0.15, 0.2) is 0 Å². The molecule has 0 aliphatic carbocycles. The molecule has 0 saturated carbocycles. The molecule has 0 nitrogen and oxygen atoms in total. The van der Waals surface area contributed by atoms with E-state index in [1.807, 2.05) is 0 Å². The fourth-order valence-corrected chi connectivity index (χ4v) is 0. The van der Waals surface area contributed by atoms with Crippen molar-refractivity contribution in [3.8, 4) is 0 Å². The van der Waals surface area contributed by atoms with Gasteiger partial charge in [0.2, 0.25) is 0 Å². The number of rotatable bonds is 0. The zero-order valence-corrected chi connectivity index (χ0v) is 11.7. The van der Waals surface area contributed by atoms with E-state index < -0.39 is 0 Å². The molecule has 0 aromatic rings. The molecule has 0 rings (SSSR count). The second-order valence-electron chi connectivity index (χ2n) is 0. The average molecular weight is 500 g/mol. The first-order valence-electron chi connectivity index (χ1n) is 0. The average Bonchev–Trinajstić information content (AvgIpc) is 0. The largest absolute Gasteiger partial charge is 0 e. The van der Waals surface area contributed by atoms with E-state index in [-0.39, 0.29) is 95.0 Å². The molecular weight excluding hydrogens is 495 g/mol. The van der Waals surface area contributed by atoms with Crippen LogP contribution in [0.15, 0.2) is 0 Å². The third kappa shape index (κ3) is 8.94. The molecule has 0 saturated heterocycles. The van der Waals surface area contributed by atoms with E-state index in [4.69, 9.17) is 0 Å². The van der Waals surface area contributed by atoms with Gasteiger partial charge >= 0.3 is 53.1 Å². The second-order valence-corrected chi connectivity index (χ2v) is 0. The van der Waals surface area contributed by atoms with Gasteiger partial charge in [-0.3, -0.25) is 0 Å². The molecule has 0 aromatic heterocycles. The Morgan fingerprint density at radius 3 is 1.00 bits per heavy atom. The fourth-order valence-electron chi connectivity index (χ4n) is 0. The van der Waals surface area contributed by atoms with Crippen molar-refractivity contribution < 1.29 is 41.9 Å². The smallest absolute Gasteiger partial charge is 0 e. The third-order valence-electron chi connectivity index (χ3n) is 0. The van der Waals surface area contributed by atoms with Gasteiger partial charge in [-0.1, -0.05) is 0 Å². The van der Waals surface area contributed by atoms with Crippen LogP contribution in [-0.2, 0) is 41.9 Å². The maximum Gasteiger partial charge on any atom is 0 e. The van der Waals surface area contributed by atoms with E-state index in [0.717, 1.165) is 0 Å². The van der Waals surface area contributed by atoms with Crippen molar-refractivity contribution in [3.63, 3.8) is 0 Å². The first-order valence-corrected chi connectivity index (χ1v) is 0. The molecule has 4 heteroatoms. The first kappa shape index (κ1) is 27.2. The Morgan fingerprint density at radius 2 is 1.00 bits per heavy atom. The molecule has 0 aromatic carbocycles. The summed E-state index contributed by atoms with van der Waals surface area (Å²) in [5.74, 6) is 0. The van der Waals surface area contributed by atoms with E-state index in [0.29, 0.717) is 0 Å². The van der Waals surface area contributed by atoms with Crippen LogP contribution in [0, 0.1) is 0 Å². The Balaban J connectivity index is 0. The Bertz CT molecular complexity index is 8.00. The van der Waals surface area contributed by atoms with Gasteiger partial charge in [-0.25, -0.2) is 0 Å². The molecule has 0 fully saturated rings. The van der Waals surface area contributed by atoms with Gasteiger partial charge in [-0.2, -0.15) is 0 Å². The second kappa shape index (κ2) is 16.4. The van der Waals surface area contributed by atoms with E-state index in [9.17, 15) is 0 Å². The fraction of sp³-hybridized carbons (Fsp3) is 0. The Hall–Kier alpha value is 3.16. The van der Waals surface area contributed by atoms with E-state index in [1.165, 1.54) is 0 Å². The molecule has 4 heavy (non-hydrogen) atoms. The molecule has 3 radical (unpaired) electrons. The Labute approximate surface area is 93.1 Å². The van der Waals surface area contributed by atoms with Gasteiger partial charge in [0.05, 0.1) is 0 Å². The van der Waals surface area contributed by atoms with Gasteiger partial charge in [0.25, 0.3) is 0 Å². The van der Waals surface area contributed by atoms with Crippen LogP contribution >= 0.6 is 0 Å². The minimum absolute atomic E-state index is 0. The topological polar surface area (TPSA) is 0 Å². The third-order valence-corrected chi connectivity index (χ3v) is 0. The standard InChI is InChI=1S/Ag.In.Pb.Zn.5H. The minimum atomic E-state index is 0. The van der Waals surface area contributed by atoms with Crippen molar-refractivity contribution in [2.75, 3.05) is 0 Å². The van der Waals surface area contributed by atoms with Crippen molar-refractivity contribution in [3.05, 3.63) is 0 Å². The molecule has 0 atom stereocenters. The van der Waals surface area contributed by atoms with Crippen LogP contribution in [0.5, 0.6) is 0 Å². The molecular formula is H5AgInPbZn. The van der Waals surface area contributed by atoms with Gasteiger partial charge in [-0.15, -0.1) is 0 Å². The zero-order chi connectivity index (χ0) is 0. The SMILES string of the molecule is [Ag].[InH3].[PbH2].[Zn]. The summed E-state index contributed by atoms with van der Waals surface area (Å²) in [6.07, 6.45) is 0. The molecule has 0 aliphatic rings. The van der Waals surface area contributed by atoms with Gasteiger partial charge < -0.3 is 0 Å². The van der Waals surface area contributed by atoms with Gasteiger partial charge in [-0.05, 0) is 0 Å². The van der Waals surface area contributed by atoms with Crippen molar-refractivity contribution >= 4 is 53.1 Å². The molecule has 0 aliphatic heterocycles. The zero-order valence-electron chi connectivity index (χ0n) is 1.72. The summed E-state index contributed by atoms with van der Waals surface area (Å²) in [6.45, 7) is 0. The normalized spacial score (nSPS) is 0. The Kier molecular flexibility index (Phi) is 112. The predicted octanol–water partition coefficient (Wildman–Crippen LogP) is -2.11. The van der Waals surface area contributed by atoms with Crippen LogP contribution in [-0.4, -0.2) is 53.1 Å². The van der Waals surface area contributed by atoms with Crippen LogP contribution in [0.1, 0.15) is 0 Å². The Morgan fingerprint density at radius 1 is 1.00 bits per heavy atom. The summed E-state index contributed by atoms with van der Waals surface area (Å²) in [5, 5.41) is 0. The summed E-state index contributed by atoms with van der Waals surface area (Å²) in [4.78, 5) is 0. The molecule has 0 N–H and O–H groups in total. The quantitative estimate of drug-likeness (QED) is 0.335. The first-order chi connectivity index (χ1) is 0. The van der Waals surface area contributed by atoms with Crippen LogP contribution in [0.2, 0.25) is 0 Å². The van der Waals surface area contributed by atoms with Crippen molar-refractivity contribution in [1.82, 2.24) is 0 Å². The van der Waals surface area contributed by atoms with Gasteiger partial charge in [0, 0.05) is 41.9 Å². The molecule has 0 spiro atoms. The van der Waals surface area contributed by atoms with Crippen LogP contribution in [0.3, 0.4) is 0 Å². The maximum absolute atomic E-state index is 0. The number of hydrogen-bond acceptors (Lipinski definition) is 0. The summed E-state index contributed by atoms with van der Waals surface area (Å²) < 4.78 is 0. The predicted molar refractivity (Wildman–Crippen MR) is 18.5 cm³/mol. The van der Waals surface area contributed by atoms with Gasteiger partial charge in [0.1, 0.15) is 0 Å². The summed E-state index contributed by atoms with van der Waals surface area (Å²) in [7, 11) is 0. The van der Waals surface area contributed by atoms with Crippen molar-refractivity contribution in [2.24, 2.45) is 0 Å².